The van der Waals surface area contributed by atoms with E-state index in [1.807, 2.05) is 38.1 Å². The summed E-state index contributed by atoms with van der Waals surface area (Å²) in [6, 6.07) is 9.38. The lowest BCUT2D eigenvalue weighted by Crippen LogP contribution is -2.38. The Morgan fingerprint density at radius 2 is 1.65 bits per heavy atom. The summed E-state index contributed by atoms with van der Waals surface area (Å²) in [6.07, 6.45) is 1.36. The number of fused-ring (bicyclic) bond motifs is 1. The molecule has 0 radical (unpaired) electrons. The van der Waals surface area contributed by atoms with Crippen molar-refractivity contribution in [2.24, 2.45) is 17.8 Å². The van der Waals surface area contributed by atoms with Crippen LogP contribution in [-0.2, 0) is 14.3 Å². The minimum Gasteiger partial charge on any atom is -0.493 e. The van der Waals surface area contributed by atoms with Crippen LogP contribution in [0.1, 0.15) is 50.4 Å². The zero-order valence-electron chi connectivity index (χ0n) is 18.6. The lowest BCUT2D eigenvalue weighted by Gasteiger charge is -2.33. The number of hydrogen-bond acceptors (Lipinski definition) is 6. The second kappa shape index (κ2) is 9.94. The molecular weight excluding hydrogens is 396 g/mol. The predicted molar refractivity (Wildman–Crippen MR) is 118 cm³/mol. The van der Waals surface area contributed by atoms with Crippen LogP contribution in [-0.4, -0.2) is 37.9 Å². The van der Waals surface area contributed by atoms with E-state index in [0.717, 1.165) is 10.8 Å². The van der Waals surface area contributed by atoms with Crippen LogP contribution in [0.5, 0.6) is 11.5 Å². The van der Waals surface area contributed by atoms with E-state index < -0.39 is 17.8 Å². The van der Waals surface area contributed by atoms with Gasteiger partial charge in [-0.25, -0.2) is 0 Å². The summed E-state index contributed by atoms with van der Waals surface area (Å²) in [5, 5.41) is 1.67. The first-order chi connectivity index (χ1) is 14.9. The number of ether oxygens (including phenoxy) is 3. The van der Waals surface area contributed by atoms with Crippen LogP contribution in [0.4, 0.5) is 0 Å². The van der Waals surface area contributed by atoms with Crippen LogP contribution in [0.2, 0.25) is 0 Å². The fourth-order valence-electron chi connectivity index (χ4n) is 4.54. The summed E-state index contributed by atoms with van der Waals surface area (Å²) in [5.41, 5.74) is 0.407. The third-order valence-corrected chi connectivity index (χ3v) is 6.08. The molecule has 31 heavy (non-hydrogen) atoms. The van der Waals surface area contributed by atoms with Crippen LogP contribution in [0.15, 0.2) is 30.3 Å². The zero-order chi connectivity index (χ0) is 22.5. The Hall–Kier alpha value is -2.89. The molecule has 6 heteroatoms. The van der Waals surface area contributed by atoms with Gasteiger partial charge in [-0.3, -0.25) is 14.4 Å². The Labute approximate surface area is 182 Å². The highest BCUT2D eigenvalue weighted by molar-refractivity contribution is 6.09. The first-order valence-electron chi connectivity index (χ1n) is 10.9. The first-order valence-corrected chi connectivity index (χ1v) is 10.9. The maximum atomic E-state index is 13.8. The molecule has 2 aromatic carbocycles. The van der Waals surface area contributed by atoms with Gasteiger partial charge < -0.3 is 14.2 Å². The molecule has 0 N–H and O–H groups in total. The van der Waals surface area contributed by atoms with E-state index in [-0.39, 0.29) is 17.5 Å². The number of rotatable bonds is 8. The highest BCUT2D eigenvalue weighted by Crippen LogP contribution is 2.42. The second-order valence-electron chi connectivity index (χ2n) is 7.88. The topological polar surface area (TPSA) is 78.9 Å². The molecule has 1 saturated carbocycles. The Morgan fingerprint density at radius 1 is 0.968 bits per heavy atom. The molecule has 0 saturated heterocycles. The summed E-state index contributed by atoms with van der Waals surface area (Å²) in [7, 11) is 1.32. The third-order valence-electron chi connectivity index (χ3n) is 6.08. The summed E-state index contributed by atoms with van der Waals surface area (Å²) in [6.45, 7) is 6.15. The maximum Gasteiger partial charge on any atom is 0.309 e. The van der Waals surface area contributed by atoms with E-state index in [0.29, 0.717) is 49.5 Å². The molecule has 6 nitrogen and oxygen atoms in total. The molecular formula is C25H30O6. The van der Waals surface area contributed by atoms with Gasteiger partial charge in [-0.2, -0.15) is 0 Å². The van der Waals surface area contributed by atoms with Crippen LogP contribution >= 0.6 is 0 Å². The Bertz CT molecular complexity index is 979. The molecule has 0 heterocycles. The van der Waals surface area contributed by atoms with Crippen molar-refractivity contribution in [2.75, 3.05) is 20.3 Å². The van der Waals surface area contributed by atoms with Crippen molar-refractivity contribution in [1.29, 1.82) is 0 Å². The molecule has 0 bridgehead atoms. The van der Waals surface area contributed by atoms with Crippen molar-refractivity contribution in [2.45, 2.75) is 40.0 Å². The Kier molecular flexibility index (Phi) is 7.31. The fraction of sp³-hybridized carbons (Fsp3) is 0.480. The minimum absolute atomic E-state index is 0.0409. The smallest absolute Gasteiger partial charge is 0.309 e. The maximum absolute atomic E-state index is 13.8. The van der Waals surface area contributed by atoms with Gasteiger partial charge in [0.1, 0.15) is 17.3 Å². The van der Waals surface area contributed by atoms with Crippen LogP contribution < -0.4 is 9.47 Å². The molecule has 2 aromatic rings. The molecule has 3 atom stereocenters. The molecule has 0 aromatic heterocycles. The van der Waals surface area contributed by atoms with Crippen LogP contribution in [0, 0.1) is 17.8 Å². The number of Topliss-reactive ketones (excluding diaryl/α,β-unsaturated/α-hetero) is 2. The van der Waals surface area contributed by atoms with Gasteiger partial charge in [0.15, 0.2) is 5.78 Å². The van der Waals surface area contributed by atoms with Gasteiger partial charge in [0.2, 0.25) is 0 Å². The van der Waals surface area contributed by atoms with Crippen LogP contribution in [0.25, 0.3) is 10.8 Å². The monoisotopic (exact) mass is 426 g/mol. The normalized spacial score (nSPS) is 20.8. The number of hydrogen-bond donors (Lipinski definition) is 0. The van der Waals surface area contributed by atoms with Gasteiger partial charge in [0.25, 0.3) is 0 Å². The number of carbonyl (C=O) groups excluding carboxylic acids is 3. The van der Waals surface area contributed by atoms with E-state index in [4.69, 9.17) is 14.2 Å². The van der Waals surface area contributed by atoms with Crippen molar-refractivity contribution in [3.8, 4) is 11.5 Å². The minimum atomic E-state index is -0.656. The van der Waals surface area contributed by atoms with Gasteiger partial charge in [-0.15, -0.1) is 0 Å². The predicted octanol–water partition coefficient (Wildman–Crippen LogP) is 4.61. The van der Waals surface area contributed by atoms with Gasteiger partial charge in [0, 0.05) is 22.6 Å². The Morgan fingerprint density at radius 3 is 2.26 bits per heavy atom. The van der Waals surface area contributed by atoms with Crippen LogP contribution in [0.3, 0.4) is 0 Å². The van der Waals surface area contributed by atoms with Gasteiger partial charge in [0.05, 0.1) is 31.8 Å². The number of methoxy groups -OCH3 is 1. The summed E-state index contributed by atoms with van der Waals surface area (Å²) >= 11 is 0. The van der Waals surface area contributed by atoms with Crippen molar-refractivity contribution in [3.63, 3.8) is 0 Å². The molecule has 3 unspecified atom stereocenters. The molecule has 166 valence electrons. The lowest BCUT2D eigenvalue weighted by molar-refractivity contribution is -0.149. The van der Waals surface area contributed by atoms with E-state index >= 15 is 0 Å². The van der Waals surface area contributed by atoms with E-state index in [1.165, 1.54) is 14.0 Å². The SMILES string of the molecule is CCOc1cc(C(=O)C2CCC(C(C)=O)CC2C(=O)OC)c(OCC)c2ccccc12. The highest BCUT2D eigenvalue weighted by atomic mass is 16.5. The van der Waals surface area contributed by atoms with E-state index in [1.54, 1.807) is 6.07 Å². The van der Waals surface area contributed by atoms with Crippen molar-refractivity contribution < 1.29 is 28.6 Å². The highest BCUT2D eigenvalue weighted by Gasteiger charge is 2.42. The Balaban J connectivity index is 2.10. The molecule has 1 aliphatic carbocycles. The first kappa shape index (κ1) is 22.8. The zero-order valence-corrected chi connectivity index (χ0v) is 18.6. The fourth-order valence-corrected chi connectivity index (χ4v) is 4.54. The molecule has 0 amide bonds. The van der Waals surface area contributed by atoms with E-state index in [2.05, 4.69) is 0 Å². The molecule has 3 rings (SSSR count). The van der Waals surface area contributed by atoms with Gasteiger partial charge in [-0.1, -0.05) is 24.3 Å². The standard InChI is InChI=1S/C25H30O6/c1-5-30-22-14-21(24(31-6-2)19-10-8-7-9-17(19)22)23(27)18-12-11-16(15(3)26)13-20(18)25(28)29-4/h7-10,14,16,18,20H,5-6,11-13H2,1-4H3. The number of ketones is 2. The quantitative estimate of drug-likeness (QED) is 0.453. The van der Waals surface area contributed by atoms with E-state index in [9.17, 15) is 14.4 Å². The lowest BCUT2D eigenvalue weighted by atomic mass is 9.70. The largest absolute Gasteiger partial charge is 0.493 e. The second-order valence-corrected chi connectivity index (χ2v) is 7.88. The van der Waals surface area contributed by atoms with Crippen molar-refractivity contribution in [3.05, 3.63) is 35.9 Å². The molecule has 0 aliphatic heterocycles. The van der Waals surface area contributed by atoms with Crippen molar-refractivity contribution in [1.82, 2.24) is 0 Å². The summed E-state index contributed by atoms with van der Waals surface area (Å²) in [5.74, 6) is -0.926. The number of carbonyl (C=O) groups is 3. The number of benzene rings is 2. The summed E-state index contributed by atoms with van der Waals surface area (Å²) in [4.78, 5) is 38.2. The molecule has 1 fully saturated rings. The third kappa shape index (κ3) is 4.58. The molecule has 1 aliphatic rings. The molecule has 0 spiro atoms. The van der Waals surface area contributed by atoms with Crippen molar-refractivity contribution >= 4 is 28.3 Å². The average Bonchev–Trinajstić information content (AvgIpc) is 2.79. The van der Waals surface area contributed by atoms with Gasteiger partial charge in [-0.05, 0) is 46.1 Å². The van der Waals surface area contributed by atoms with Gasteiger partial charge >= 0.3 is 5.97 Å². The average molecular weight is 427 g/mol. The number of esters is 1. The summed E-state index contributed by atoms with van der Waals surface area (Å²) < 4.78 is 16.7.